The predicted molar refractivity (Wildman–Crippen MR) is 29.9 cm³/mol. The first-order valence-corrected chi connectivity index (χ1v) is 2.46. The minimum absolute atomic E-state index is 0.0224. The molecule has 8 heavy (non-hydrogen) atoms. The van der Waals surface area contributed by atoms with Gasteiger partial charge in [-0.2, -0.15) is 5.10 Å². The van der Waals surface area contributed by atoms with Crippen LogP contribution >= 0.6 is 11.6 Å². The number of aromatic nitrogens is 2. The molecular weight excluding hydrogens is 128 g/mol. The quantitative estimate of drug-likeness (QED) is 0.567. The van der Waals surface area contributed by atoms with Crippen LogP contribution in [0.15, 0.2) is 6.20 Å². The fourth-order valence-corrected chi connectivity index (χ4v) is 0.503. The summed E-state index contributed by atoms with van der Waals surface area (Å²) in [5.41, 5.74) is 0. The molecule has 0 unspecified atom stereocenters. The third-order valence-corrected chi connectivity index (χ3v) is 1.29. The number of aromatic hydroxyl groups is 1. The van der Waals surface area contributed by atoms with Crippen LogP contribution in [0.2, 0.25) is 5.15 Å². The maximum absolute atomic E-state index is 8.72. The maximum atomic E-state index is 8.72. The zero-order valence-electron chi connectivity index (χ0n) is 4.30. The fraction of sp³-hybridized carbons (Fsp3) is 0.250. The van der Waals surface area contributed by atoms with Crippen molar-refractivity contribution in [1.82, 2.24) is 9.78 Å². The lowest BCUT2D eigenvalue weighted by atomic mass is 10.7. The maximum Gasteiger partial charge on any atom is 0.172 e. The van der Waals surface area contributed by atoms with Crippen molar-refractivity contribution in [3.63, 3.8) is 0 Å². The summed E-state index contributed by atoms with van der Waals surface area (Å²) in [6, 6.07) is 0. The Morgan fingerprint density at radius 2 is 2.50 bits per heavy atom. The van der Waals surface area contributed by atoms with Crippen LogP contribution in [0.4, 0.5) is 0 Å². The van der Waals surface area contributed by atoms with Crippen LogP contribution in [-0.4, -0.2) is 14.9 Å². The highest BCUT2D eigenvalue weighted by Gasteiger charge is 1.99. The van der Waals surface area contributed by atoms with E-state index in [1.54, 1.807) is 7.05 Å². The topological polar surface area (TPSA) is 38.0 Å². The van der Waals surface area contributed by atoms with Crippen molar-refractivity contribution in [3.8, 4) is 5.75 Å². The first-order chi connectivity index (χ1) is 3.72. The largest absolute Gasteiger partial charge is 0.504 e. The van der Waals surface area contributed by atoms with E-state index in [1.165, 1.54) is 10.9 Å². The third-order valence-electron chi connectivity index (χ3n) is 0.849. The van der Waals surface area contributed by atoms with E-state index < -0.39 is 0 Å². The first kappa shape index (κ1) is 5.44. The number of hydrogen-bond acceptors (Lipinski definition) is 2. The molecule has 0 aromatic carbocycles. The second kappa shape index (κ2) is 1.67. The predicted octanol–water partition coefficient (Wildman–Crippen LogP) is 0.779. The molecule has 1 rings (SSSR count). The lowest BCUT2D eigenvalue weighted by Crippen LogP contribution is -1.87. The summed E-state index contributed by atoms with van der Waals surface area (Å²) in [4.78, 5) is 0. The molecular formula is C4H5ClN2O. The number of hydrogen-bond donors (Lipinski definition) is 1. The highest BCUT2D eigenvalue weighted by molar-refractivity contribution is 6.30. The van der Waals surface area contributed by atoms with Crippen LogP contribution in [0.3, 0.4) is 0 Å². The van der Waals surface area contributed by atoms with E-state index in [0.29, 0.717) is 0 Å². The number of aryl methyl sites for hydroxylation is 1. The van der Waals surface area contributed by atoms with Crippen molar-refractivity contribution in [2.45, 2.75) is 0 Å². The molecule has 0 atom stereocenters. The molecule has 0 amide bonds. The average Bonchev–Trinajstić information content (AvgIpc) is 1.98. The summed E-state index contributed by atoms with van der Waals surface area (Å²) in [5, 5.41) is 12.6. The summed E-state index contributed by atoms with van der Waals surface area (Å²) < 4.78 is 1.39. The molecule has 1 aromatic heterocycles. The third kappa shape index (κ3) is 0.648. The Hall–Kier alpha value is -0.700. The highest BCUT2D eigenvalue weighted by atomic mass is 35.5. The van der Waals surface area contributed by atoms with Crippen LogP contribution in [0.1, 0.15) is 0 Å². The Bertz CT molecular complexity index is 176. The van der Waals surface area contributed by atoms with Gasteiger partial charge in [0.05, 0.1) is 6.20 Å². The van der Waals surface area contributed by atoms with E-state index in [9.17, 15) is 0 Å². The lowest BCUT2D eigenvalue weighted by Gasteiger charge is -1.86. The molecule has 0 bridgehead atoms. The van der Waals surface area contributed by atoms with Gasteiger partial charge in [0.2, 0.25) is 0 Å². The SMILES string of the molecule is Cn1ncc(O)c1Cl. The van der Waals surface area contributed by atoms with Gasteiger partial charge in [-0.05, 0) is 0 Å². The van der Waals surface area contributed by atoms with Crippen molar-refractivity contribution in [1.29, 1.82) is 0 Å². The highest BCUT2D eigenvalue weighted by Crippen LogP contribution is 2.19. The Morgan fingerprint density at radius 3 is 2.62 bits per heavy atom. The summed E-state index contributed by atoms with van der Waals surface area (Å²) in [7, 11) is 1.65. The standard InChI is InChI=1S/C4H5ClN2O/c1-7-4(5)3(8)2-6-7/h2,8H,1H3. The molecule has 0 saturated carbocycles. The van der Waals surface area contributed by atoms with Crippen LogP contribution < -0.4 is 0 Å². The Balaban J connectivity index is 3.19. The number of nitrogens with zero attached hydrogens (tertiary/aromatic N) is 2. The molecule has 0 aliphatic carbocycles. The van der Waals surface area contributed by atoms with Crippen molar-refractivity contribution in [2.24, 2.45) is 7.05 Å². The first-order valence-electron chi connectivity index (χ1n) is 2.08. The van der Waals surface area contributed by atoms with Gasteiger partial charge < -0.3 is 5.11 Å². The zero-order valence-corrected chi connectivity index (χ0v) is 5.05. The van der Waals surface area contributed by atoms with Crippen LogP contribution in [0.5, 0.6) is 5.75 Å². The minimum Gasteiger partial charge on any atom is -0.504 e. The van der Waals surface area contributed by atoms with Crippen LogP contribution in [0, 0.1) is 0 Å². The second-order valence-corrected chi connectivity index (χ2v) is 1.80. The van der Waals surface area contributed by atoms with E-state index in [-0.39, 0.29) is 10.9 Å². The van der Waals surface area contributed by atoms with Gasteiger partial charge in [0.15, 0.2) is 10.9 Å². The molecule has 3 nitrogen and oxygen atoms in total. The zero-order chi connectivity index (χ0) is 6.15. The van der Waals surface area contributed by atoms with E-state index in [2.05, 4.69) is 5.10 Å². The van der Waals surface area contributed by atoms with Gasteiger partial charge in [0.1, 0.15) is 0 Å². The van der Waals surface area contributed by atoms with Gasteiger partial charge in [-0.25, -0.2) is 0 Å². The van der Waals surface area contributed by atoms with E-state index >= 15 is 0 Å². The lowest BCUT2D eigenvalue weighted by molar-refractivity contribution is 0.475. The van der Waals surface area contributed by atoms with Crippen LogP contribution in [0.25, 0.3) is 0 Å². The molecule has 1 heterocycles. The molecule has 0 spiro atoms. The molecule has 0 aliphatic heterocycles. The Morgan fingerprint density at radius 1 is 1.88 bits per heavy atom. The fourth-order valence-electron chi connectivity index (χ4n) is 0.411. The molecule has 0 fully saturated rings. The van der Waals surface area contributed by atoms with Crippen molar-refractivity contribution >= 4 is 11.6 Å². The van der Waals surface area contributed by atoms with E-state index in [0.717, 1.165) is 0 Å². The molecule has 0 radical (unpaired) electrons. The van der Waals surface area contributed by atoms with Gasteiger partial charge >= 0.3 is 0 Å². The van der Waals surface area contributed by atoms with E-state index in [1.807, 2.05) is 0 Å². The van der Waals surface area contributed by atoms with Crippen molar-refractivity contribution < 1.29 is 5.11 Å². The van der Waals surface area contributed by atoms with E-state index in [4.69, 9.17) is 16.7 Å². The molecule has 4 heteroatoms. The summed E-state index contributed by atoms with van der Waals surface area (Å²) in [6.45, 7) is 0. The summed E-state index contributed by atoms with van der Waals surface area (Å²) in [5.74, 6) is 0.0224. The Labute approximate surface area is 51.5 Å². The monoisotopic (exact) mass is 132 g/mol. The van der Waals surface area contributed by atoms with Gasteiger partial charge in [-0.3, -0.25) is 4.68 Å². The molecule has 1 aromatic rings. The van der Waals surface area contributed by atoms with Crippen LogP contribution in [-0.2, 0) is 7.05 Å². The molecule has 1 N–H and O–H groups in total. The van der Waals surface area contributed by atoms with Gasteiger partial charge in [0.25, 0.3) is 0 Å². The van der Waals surface area contributed by atoms with Crippen molar-refractivity contribution in [3.05, 3.63) is 11.3 Å². The van der Waals surface area contributed by atoms with Gasteiger partial charge in [-0.1, -0.05) is 11.6 Å². The average molecular weight is 133 g/mol. The minimum atomic E-state index is 0.0224. The number of rotatable bonds is 0. The Kier molecular flexibility index (Phi) is 1.13. The summed E-state index contributed by atoms with van der Waals surface area (Å²) in [6.07, 6.45) is 1.29. The molecule has 44 valence electrons. The number of halogens is 1. The molecule has 0 saturated heterocycles. The summed E-state index contributed by atoms with van der Waals surface area (Å²) >= 11 is 5.44. The van der Waals surface area contributed by atoms with Gasteiger partial charge in [-0.15, -0.1) is 0 Å². The smallest absolute Gasteiger partial charge is 0.172 e. The van der Waals surface area contributed by atoms with Gasteiger partial charge in [0, 0.05) is 7.05 Å². The van der Waals surface area contributed by atoms with Crippen molar-refractivity contribution in [2.75, 3.05) is 0 Å². The molecule has 0 aliphatic rings. The second-order valence-electron chi connectivity index (χ2n) is 1.44. The normalized spacial score (nSPS) is 9.75.